The van der Waals surface area contributed by atoms with Crippen LogP contribution in [0.15, 0.2) is 5.10 Å². The first-order valence-electron chi connectivity index (χ1n) is 4.56. The monoisotopic (exact) mass is 166 g/mol. The van der Waals surface area contributed by atoms with E-state index in [-0.39, 0.29) is 5.92 Å². The van der Waals surface area contributed by atoms with E-state index in [1.165, 1.54) is 0 Å². The highest BCUT2D eigenvalue weighted by Gasteiger charge is 2.33. The van der Waals surface area contributed by atoms with Gasteiger partial charge >= 0.3 is 0 Å². The van der Waals surface area contributed by atoms with Crippen LogP contribution in [-0.2, 0) is 4.79 Å². The lowest BCUT2D eigenvalue weighted by Crippen LogP contribution is -2.35. The summed E-state index contributed by atoms with van der Waals surface area (Å²) in [5.74, 6) is 1.14. The molecule has 2 aliphatic rings. The van der Waals surface area contributed by atoms with Crippen LogP contribution < -0.4 is 5.43 Å². The Hall–Kier alpha value is -0.860. The number of hydrogen-bond donors (Lipinski definition) is 1. The van der Waals surface area contributed by atoms with Crippen molar-refractivity contribution in [3.05, 3.63) is 0 Å². The van der Waals surface area contributed by atoms with Gasteiger partial charge in [-0.3, -0.25) is 4.79 Å². The van der Waals surface area contributed by atoms with Crippen molar-refractivity contribution in [2.75, 3.05) is 0 Å². The van der Waals surface area contributed by atoms with Crippen LogP contribution in [0.5, 0.6) is 0 Å². The van der Waals surface area contributed by atoms with E-state index < -0.39 is 0 Å². The summed E-state index contributed by atoms with van der Waals surface area (Å²) >= 11 is 0. The number of carbonyl (C=O) groups is 1. The summed E-state index contributed by atoms with van der Waals surface area (Å²) in [6, 6.07) is 0.514. The van der Waals surface area contributed by atoms with Crippen LogP contribution in [-0.4, -0.2) is 18.0 Å². The Kier molecular flexibility index (Phi) is 1.87. The largest absolute Gasteiger partial charge is 0.307 e. The van der Waals surface area contributed by atoms with E-state index in [1.54, 1.807) is 6.92 Å². The molecule has 1 saturated carbocycles. The lowest BCUT2D eigenvalue weighted by Gasteiger charge is -2.28. The summed E-state index contributed by atoms with van der Waals surface area (Å²) in [5.41, 5.74) is 3.08. The van der Waals surface area contributed by atoms with E-state index >= 15 is 0 Å². The van der Waals surface area contributed by atoms with Crippen LogP contribution in [0.1, 0.15) is 26.2 Å². The third-order valence-corrected chi connectivity index (χ3v) is 2.98. The summed E-state index contributed by atoms with van der Waals surface area (Å²) < 4.78 is 0. The first-order valence-corrected chi connectivity index (χ1v) is 4.56. The molecule has 0 radical (unpaired) electrons. The van der Waals surface area contributed by atoms with Gasteiger partial charge in [-0.05, 0) is 26.2 Å². The molecule has 66 valence electrons. The molecule has 1 aliphatic heterocycles. The van der Waals surface area contributed by atoms with Gasteiger partial charge in [0, 0.05) is 18.1 Å². The van der Waals surface area contributed by atoms with Gasteiger partial charge in [0.05, 0.1) is 6.04 Å². The molecule has 1 N–H and O–H groups in total. The number of hydrazone groups is 1. The van der Waals surface area contributed by atoms with Gasteiger partial charge in [-0.2, -0.15) is 5.10 Å². The number of nitrogens with zero attached hydrogens (tertiary/aromatic N) is 1. The number of Topliss-reactive ketones (excluding diaryl/α,β-unsaturated/α-hetero) is 1. The van der Waals surface area contributed by atoms with Crippen LogP contribution in [0, 0.1) is 11.8 Å². The highest BCUT2D eigenvalue weighted by atomic mass is 16.1. The van der Waals surface area contributed by atoms with Gasteiger partial charge in [-0.25, -0.2) is 0 Å². The third kappa shape index (κ3) is 1.24. The van der Waals surface area contributed by atoms with Crippen LogP contribution in [0.2, 0.25) is 0 Å². The molecule has 3 heteroatoms. The summed E-state index contributed by atoms with van der Waals surface area (Å²) in [7, 11) is 0. The molecule has 2 rings (SSSR count). The number of hydrogen-bond acceptors (Lipinski definition) is 3. The molecule has 0 spiro atoms. The van der Waals surface area contributed by atoms with E-state index in [9.17, 15) is 4.79 Å². The Bertz CT molecular complexity index is 225. The van der Waals surface area contributed by atoms with Crippen molar-refractivity contribution in [1.82, 2.24) is 5.43 Å². The van der Waals surface area contributed by atoms with Gasteiger partial charge in [0.15, 0.2) is 0 Å². The second-order valence-electron chi connectivity index (χ2n) is 3.80. The summed E-state index contributed by atoms with van der Waals surface area (Å²) in [6.07, 6.45) is 5.08. The molecule has 1 heterocycles. The predicted molar refractivity (Wildman–Crippen MR) is 46.9 cm³/mol. The van der Waals surface area contributed by atoms with Crippen LogP contribution in [0.4, 0.5) is 0 Å². The zero-order valence-electron chi connectivity index (χ0n) is 7.29. The molecule has 12 heavy (non-hydrogen) atoms. The SMILES string of the molecule is CC(=O)C1CCC2NN=CC2C1. The first-order chi connectivity index (χ1) is 5.77. The Labute approximate surface area is 72.2 Å². The van der Waals surface area contributed by atoms with Gasteiger partial charge in [-0.15, -0.1) is 0 Å². The number of rotatable bonds is 1. The number of nitrogens with one attached hydrogen (secondary N) is 1. The molecule has 0 saturated heterocycles. The highest BCUT2D eigenvalue weighted by molar-refractivity contribution is 5.79. The third-order valence-electron chi connectivity index (χ3n) is 2.98. The molecule has 0 aromatic rings. The minimum absolute atomic E-state index is 0.289. The maximum Gasteiger partial charge on any atom is 0.132 e. The molecule has 3 atom stereocenters. The Balaban J connectivity index is 2.00. The maximum absolute atomic E-state index is 11.1. The van der Waals surface area contributed by atoms with Crippen molar-refractivity contribution in [3.63, 3.8) is 0 Å². The van der Waals surface area contributed by atoms with Crippen molar-refractivity contribution >= 4 is 12.0 Å². The summed E-state index contributed by atoms with van der Waals surface area (Å²) in [4.78, 5) is 11.1. The van der Waals surface area contributed by atoms with E-state index in [0.717, 1.165) is 19.3 Å². The van der Waals surface area contributed by atoms with Gasteiger partial charge in [0.2, 0.25) is 0 Å². The van der Waals surface area contributed by atoms with Crippen molar-refractivity contribution < 1.29 is 4.79 Å². The van der Waals surface area contributed by atoms with Gasteiger partial charge in [0.1, 0.15) is 5.78 Å². The number of carbonyl (C=O) groups excluding carboxylic acids is 1. The minimum atomic E-state index is 0.289. The Morgan fingerprint density at radius 3 is 3.17 bits per heavy atom. The number of fused-ring (bicyclic) bond motifs is 1. The number of ketones is 1. The normalized spacial score (nSPS) is 38.9. The molecule has 0 amide bonds. The average molecular weight is 166 g/mol. The van der Waals surface area contributed by atoms with E-state index in [2.05, 4.69) is 10.5 Å². The van der Waals surface area contributed by atoms with E-state index in [4.69, 9.17) is 0 Å². The molecule has 0 bridgehead atoms. The van der Waals surface area contributed by atoms with Gasteiger partial charge in [0.25, 0.3) is 0 Å². The average Bonchev–Trinajstić information content (AvgIpc) is 2.49. The predicted octanol–water partition coefficient (Wildman–Crippen LogP) is 0.949. The summed E-state index contributed by atoms with van der Waals surface area (Å²) in [6.45, 7) is 1.70. The second-order valence-corrected chi connectivity index (χ2v) is 3.80. The smallest absolute Gasteiger partial charge is 0.132 e. The zero-order valence-corrected chi connectivity index (χ0v) is 7.29. The van der Waals surface area contributed by atoms with E-state index in [1.807, 2.05) is 6.21 Å². The molecule has 3 unspecified atom stereocenters. The van der Waals surface area contributed by atoms with Crippen LogP contribution >= 0.6 is 0 Å². The van der Waals surface area contributed by atoms with Crippen molar-refractivity contribution in [1.29, 1.82) is 0 Å². The van der Waals surface area contributed by atoms with Gasteiger partial charge < -0.3 is 5.43 Å². The van der Waals surface area contributed by atoms with Crippen LogP contribution in [0.3, 0.4) is 0 Å². The lowest BCUT2D eigenvalue weighted by atomic mass is 9.78. The fraction of sp³-hybridized carbons (Fsp3) is 0.778. The fourth-order valence-electron chi connectivity index (χ4n) is 2.13. The van der Waals surface area contributed by atoms with Crippen LogP contribution in [0.25, 0.3) is 0 Å². The van der Waals surface area contributed by atoms with Crippen molar-refractivity contribution in [2.24, 2.45) is 16.9 Å². The standard InChI is InChI=1S/C9H14N2O/c1-6(12)7-2-3-9-8(4-7)5-10-11-9/h5,7-9,11H,2-4H2,1H3. The van der Waals surface area contributed by atoms with Crippen molar-refractivity contribution in [3.8, 4) is 0 Å². The first kappa shape index (κ1) is 7.77. The molecule has 3 nitrogen and oxygen atoms in total. The fourth-order valence-corrected chi connectivity index (χ4v) is 2.13. The highest BCUT2D eigenvalue weighted by Crippen LogP contribution is 2.30. The Morgan fingerprint density at radius 1 is 1.58 bits per heavy atom. The van der Waals surface area contributed by atoms with Gasteiger partial charge in [-0.1, -0.05) is 0 Å². The van der Waals surface area contributed by atoms with E-state index in [0.29, 0.717) is 17.7 Å². The second kappa shape index (κ2) is 2.88. The maximum atomic E-state index is 11.1. The quantitative estimate of drug-likeness (QED) is 0.630. The zero-order chi connectivity index (χ0) is 8.55. The summed E-state index contributed by atoms with van der Waals surface area (Å²) in [5, 5.41) is 4.04. The molecule has 0 aromatic heterocycles. The minimum Gasteiger partial charge on any atom is -0.307 e. The van der Waals surface area contributed by atoms with Crippen molar-refractivity contribution in [2.45, 2.75) is 32.2 Å². The molecular weight excluding hydrogens is 152 g/mol. The molecule has 1 fully saturated rings. The Morgan fingerprint density at radius 2 is 2.42 bits per heavy atom. The topological polar surface area (TPSA) is 41.5 Å². The molecule has 0 aromatic carbocycles. The lowest BCUT2D eigenvalue weighted by molar-refractivity contribution is -0.121. The molecule has 1 aliphatic carbocycles. The molecular formula is C9H14N2O.